The molecule has 8 nitrogen and oxygen atoms in total. The molecule has 3 aromatic rings. The van der Waals surface area contributed by atoms with Gasteiger partial charge in [0.05, 0.1) is 17.5 Å². The zero-order valence-corrected chi connectivity index (χ0v) is 13.8. The third-order valence-corrected chi connectivity index (χ3v) is 4.99. The Kier molecular flexibility index (Phi) is 3.75. The van der Waals surface area contributed by atoms with Crippen LogP contribution < -0.4 is 11.3 Å². The van der Waals surface area contributed by atoms with Crippen molar-refractivity contribution in [1.82, 2.24) is 19.5 Å². The first kappa shape index (κ1) is 16.1. The summed E-state index contributed by atoms with van der Waals surface area (Å²) in [6, 6.07) is 4.41. The number of fused-ring (bicyclic) bond motifs is 1. The van der Waals surface area contributed by atoms with Crippen LogP contribution in [0.25, 0.3) is 11.0 Å². The molecule has 1 saturated carbocycles. The van der Waals surface area contributed by atoms with Gasteiger partial charge in [-0.25, -0.2) is 4.98 Å². The van der Waals surface area contributed by atoms with Crippen LogP contribution in [0.4, 0.5) is 5.82 Å². The molecule has 0 bridgehead atoms. The van der Waals surface area contributed by atoms with Crippen LogP contribution in [0.3, 0.4) is 0 Å². The first-order valence-electron chi connectivity index (χ1n) is 7.80. The fraction of sp³-hybridized carbons (Fsp3) is 0.312. The number of hydrogen-bond donors (Lipinski definition) is 4. The number of aromatic amines is 1. The molecule has 0 unspecified atom stereocenters. The van der Waals surface area contributed by atoms with E-state index in [1.54, 1.807) is 29.1 Å². The Morgan fingerprint density at radius 2 is 2.04 bits per heavy atom. The lowest BCUT2D eigenvalue weighted by molar-refractivity contribution is 0.0178. The molecule has 1 aliphatic rings. The number of halogens is 1. The second kappa shape index (κ2) is 5.83. The maximum absolute atomic E-state index is 11.2. The highest BCUT2D eigenvalue weighted by atomic mass is 35.5. The van der Waals surface area contributed by atoms with E-state index in [1.165, 1.54) is 6.07 Å². The standard InChI is InChI=1S/C16H16ClN5O3/c17-16-20-14(18)8-3-4-22(15(8)21-16)10-5-9(12(24)13(10)25)7-1-2-11(23)19-6-7/h1-4,6,9-10,12-13,24-25H,5H2,(H,19,23)(H2,18,20,21)/t9-,10-,12-,13+/m1/s1. The summed E-state index contributed by atoms with van der Waals surface area (Å²) in [4.78, 5) is 22.0. The van der Waals surface area contributed by atoms with Gasteiger partial charge in [0.2, 0.25) is 10.8 Å². The van der Waals surface area contributed by atoms with E-state index in [4.69, 9.17) is 17.3 Å². The molecule has 3 heterocycles. The number of H-pyrrole nitrogens is 1. The Balaban J connectivity index is 1.74. The van der Waals surface area contributed by atoms with Gasteiger partial charge in [0.15, 0.2) is 0 Å². The van der Waals surface area contributed by atoms with Gasteiger partial charge in [0.25, 0.3) is 0 Å². The molecule has 0 saturated heterocycles. The second-order valence-corrected chi connectivity index (χ2v) is 6.55. The van der Waals surface area contributed by atoms with Gasteiger partial charge in [0.1, 0.15) is 17.6 Å². The molecule has 4 rings (SSSR count). The number of nitrogens with one attached hydrogen (secondary N) is 1. The highest BCUT2D eigenvalue weighted by Gasteiger charge is 2.43. The van der Waals surface area contributed by atoms with Gasteiger partial charge < -0.3 is 25.5 Å². The number of aliphatic hydroxyl groups excluding tert-OH is 2. The van der Waals surface area contributed by atoms with Crippen molar-refractivity contribution in [2.24, 2.45) is 0 Å². The predicted molar refractivity (Wildman–Crippen MR) is 92.4 cm³/mol. The van der Waals surface area contributed by atoms with E-state index in [1.807, 2.05) is 0 Å². The van der Waals surface area contributed by atoms with E-state index in [-0.39, 0.29) is 22.6 Å². The van der Waals surface area contributed by atoms with Gasteiger partial charge in [0, 0.05) is 24.4 Å². The number of anilines is 1. The minimum Gasteiger partial charge on any atom is -0.390 e. The molecule has 0 aromatic carbocycles. The fourth-order valence-electron chi connectivity index (χ4n) is 3.57. The van der Waals surface area contributed by atoms with Crippen molar-refractivity contribution in [3.8, 4) is 0 Å². The minimum absolute atomic E-state index is 0.0233. The molecule has 1 aliphatic carbocycles. The summed E-state index contributed by atoms with van der Waals surface area (Å²) in [6.45, 7) is 0. The number of rotatable bonds is 2. The summed E-state index contributed by atoms with van der Waals surface area (Å²) in [5.41, 5.74) is 6.92. The molecule has 3 aromatic heterocycles. The molecule has 4 atom stereocenters. The first-order chi connectivity index (χ1) is 12.0. The number of aromatic nitrogens is 4. The summed E-state index contributed by atoms with van der Waals surface area (Å²) >= 11 is 5.90. The predicted octanol–water partition coefficient (Wildman–Crippen LogP) is 0.806. The van der Waals surface area contributed by atoms with Gasteiger partial charge in [-0.05, 0) is 29.7 Å². The van der Waals surface area contributed by atoms with Crippen LogP contribution in [0.5, 0.6) is 0 Å². The molecule has 5 N–H and O–H groups in total. The lowest BCUT2D eigenvalue weighted by Gasteiger charge is -2.19. The maximum Gasteiger partial charge on any atom is 0.247 e. The summed E-state index contributed by atoms with van der Waals surface area (Å²) < 4.78 is 1.76. The number of pyridine rings is 1. The average molecular weight is 362 g/mol. The zero-order valence-electron chi connectivity index (χ0n) is 13.0. The van der Waals surface area contributed by atoms with Crippen LogP contribution in [0, 0.1) is 0 Å². The Morgan fingerprint density at radius 3 is 2.76 bits per heavy atom. The van der Waals surface area contributed by atoms with Crippen molar-refractivity contribution < 1.29 is 10.2 Å². The fourth-order valence-corrected chi connectivity index (χ4v) is 3.74. The van der Waals surface area contributed by atoms with Gasteiger partial charge in [-0.3, -0.25) is 4.79 Å². The van der Waals surface area contributed by atoms with Crippen molar-refractivity contribution in [2.75, 3.05) is 5.73 Å². The molecule has 0 radical (unpaired) electrons. The topological polar surface area (TPSA) is 130 Å². The van der Waals surface area contributed by atoms with E-state index in [2.05, 4.69) is 15.0 Å². The number of nitrogen functional groups attached to an aromatic ring is 1. The third-order valence-electron chi connectivity index (χ3n) is 4.82. The van der Waals surface area contributed by atoms with Crippen LogP contribution >= 0.6 is 11.6 Å². The van der Waals surface area contributed by atoms with Crippen molar-refractivity contribution in [3.05, 3.63) is 51.8 Å². The molecule has 0 spiro atoms. The molecule has 9 heteroatoms. The first-order valence-corrected chi connectivity index (χ1v) is 8.18. The smallest absolute Gasteiger partial charge is 0.247 e. The largest absolute Gasteiger partial charge is 0.390 e. The normalized spacial score (nSPS) is 26.4. The van der Waals surface area contributed by atoms with Crippen molar-refractivity contribution >= 4 is 28.5 Å². The Hall–Kier alpha value is -2.42. The average Bonchev–Trinajstić information content (AvgIpc) is 3.11. The quantitative estimate of drug-likeness (QED) is 0.500. The van der Waals surface area contributed by atoms with E-state index in [0.29, 0.717) is 17.5 Å². The van der Waals surface area contributed by atoms with E-state index >= 15 is 0 Å². The van der Waals surface area contributed by atoms with Gasteiger partial charge in [-0.1, -0.05) is 6.07 Å². The molecule has 25 heavy (non-hydrogen) atoms. The Bertz CT molecular complexity index is 981. The number of nitrogens with two attached hydrogens (primary N) is 1. The van der Waals surface area contributed by atoms with Gasteiger partial charge in [-0.15, -0.1) is 0 Å². The lowest BCUT2D eigenvalue weighted by atomic mass is 9.97. The molecule has 130 valence electrons. The number of hydrogen-bond acceptors (Lipinski definition) is 6. The van der Waals surface area contributed by atoms with E-state index in [0.717, 1.165) is 5.56 Å². The van der Waals surface area contributed by atoms with Crippen LogP contribution in [0.15, 0.2) is 35.4 Å². The molecular formula is C16H16ClN5O3. The summed E-state index contributed by atoms with van der Waals surface area (Å²) in [7, 11) is 0. The second-order valence-electron chi connectivity index (χ2n) is 6.22. The summed E-state index contributed by atoms with van der Waals surface area (Å²) in [5, 5.41) is 21.7. The number of aliphatic hydroxyl groups is 2. The third kappa shape index (κ3) is 2.58. The van der Waals surface area contributed by atoms with Crippen LogP contribution in [-0.4, -0.2) is 41.9 Å². The van der Waals surface area contributed by atoms with Crippen LogP contribution in [0.1, 0.15) is 23.9 Å². The monoisotopic (exact) mass is 361 g/mol. The molecule has 0 amide bonds. The van der Waals surface area contributed by atoms with E-state index in [9.17, 15) is 15.0 Å². The van der Waals surface area contributed by atoms with Gasteiger partial charge in [-0.2, -0.15) is 4.98 Å². The van der Waals surface area contributed by atoms with Gasteiger partial charge >= 0.3 is 0 Å². The highest BCUT2D eigenvalue weighted by molar-refractivity contribution is 6.28. The van der Waals surface area contributed by atoms with Crippen molar-refractivity contribution in [2.45, 2.75) is 30.6 Å². The molecular weight excluding hydrogens is 346 g/mol. The summed E-state index contributed by atoms with van der Waals surface area (Å²) in [5.74, 6) is -0.0528. The maximum atomic E-state index is 11.2. The lowest BCUT2D eigenvalue weighted by Crippen LogP contribution is -2.29. The SMILES string of the molecule is Nc1nc(Cl)nc2c1ccn2[C@@H]1C[C@H](c2ccc(=O)[nH]c2)[C@@H](O)[C@H]1O. The number of nitrogens with zero attached hydrogens (tertiary/aromatic N) is 3. The highest BCUT2D eigenvalue weighted by Crippen LogP contribution is 2.42. The Labute approximate surface area is 146 Å². The van der Waals surface area contributed by atoms with E-state index < -0.39 is 18.2 Å². The molecule has 1 fully saturated rings. The summed E-state index contributed by atoms with van der Waals surface area (Å²) in [6.07, 6.45) is 1.82. The van der Waals surface area contributed by atoms with Crippen LogP contribution in [0.2, 0.25) is 5.28 Å². The minimum atomic E-state index is -0.998. The zero-order chi connectivity index (χ0) is 17.7. The van der Waals surface area contributed by atoms with Crippen molar-refractivity contribution in [3.63, 3.8) is 0 Å². The molecule has 0 aliphatic heterocycles. The van der Waals surface area contributed by atoms with Crippen LogP contribution in [-0.2, 0) is 0 Å². The Morgan fingerprint density at radius 1 is 1.24 bits per heavy atom. The van der Waals surface area contributed by atoms with Crippen molar-refractivity contribution in [1.29, 1.82) is 0 Å².